The molecule has 2 bridgehead atoms. The first-order chi connectivity index (χ1) is 11.5. The molecule has 3 N–H and O–H groups in total. The van der Waals surface area contributed by atoms with Gasteiger partial charge in [0.1, 0.15) is 0 Å². The lowest BCUT2D eigenvalue weighted by atomic mass is 9.89. The number of hydrogen-bond donors (Lipinski definition) is 3. The standard InChI is InChI=1S/C18H24ClN3O2.ClH/c1-2-20-18(24)15-10-12(19)3-6-16(15)22-17(23)9-11-7-13-4-5-14(8-11)21-13;/h3,6,10-11,13-14,21H,2,4-5,7-9H2,1H3,(H,20,24)(H,22,23);1H. The van der Waals surface area contributed by atoms with E-state index >= 15 is 0 Å². The van der Waals surface area contributed by atoms with Crippen molar-refractivity contribution in [3.63, 3.8) is 0 Å². The van der Waals surface area contributed by atoms with Gasteiger partial charge in [0.05, 0.1) is 11.3 Å². The van der Waals surface area contributed by atoms with Crippen LogP contribution in [0.2, 0.25) is 5.02 Å². The van der Waals surface area contributed by atoms with Gasteiger partial charge >= 0.3 is 0 Å². The third-order valence-electron chi connectivity index (χ3n) is 4.88. The minimum absolute atomic E-state index is 0. The third-order valence-corrected chi connectivity index (χ3v) is 5.12. The van der Waals surface area contributed by atoms with Crippen molar-refractivity contribution in [1.29, 1.82) is 0 Å². The van der Waals surface area contributed by atoms with E-state index < -0.39 is 0 Å². The van der Waals surface area contributed by atoms with Crippen LogP contribution in [0, 0.1) is 5.92 Å². The second-order valence-corrected chi connectivity index (χ2v) is 7.21. The molecular weight excluding hydrogens is 361 g/mol. The number of carbonyl (C=O) groups is 2. The molecule has 138 valence electrons. The summed E-state index contributed by atoms with van der Waals surface area (Å²) in [5.74, 6) is 0.161. The molecule has 2 amide bonds. The molecule has 1 aromatic carbocycles. The van der Waals surface area contributed by atoms with Crippen LogP contribution in [0.3, 0.4) is 0 Å². The third kappa shape index (κ3) is 5.09. The van der Waals surface area contributed by atoms with Gasteiger partial charge in [-0.2, -0.15) is 0 Å². The van der Waals surface area contributed by atoms with E-state index in [-0.39, 0.29) is 24.2 Å². The SMILES string of the molecule is CCNC(=O)c1cc(Cl)ccc1NC(=O)CC1CC2CCC(C1)N2.Cl. The molecule has 2 fully saturated rings. The fraction of sp³-hybridized carbons (Fsp3) is 0.556. The Morgan fingerprint density at radius 3 is 2.56 bits per heavy atom. The molecule has 2 aliphatic rings. The number of nitrogens with one attached hydrogen (secondary N) is 3. The zero-order chi connectivity index (χ0) is 17.1. The van der Waals surface area contributed by atoms with Crippen molar-refractivity contribution < 1.29 is 9.59 Å². The molecule has 2 aliphatic heterocycles. The Morgan fingerprint density at radius 1 is 1.24 bits per heavy atom. The number of benzene rings is 1. The number of anilines is 1. The summed E-state index contributed by atoms with van der Waals surface area (Å²) in [6, 6.07) is 6.11. The van der Waals surface area contributed by atoms with Gasteiger partial charge in [-0.25, -0.2) is 0 Å². The second-order valence-electron chi connectivity index (χ2n) is 6.78. The highest BCUT2D eigenvalue weighted by Gasteiger charge is 2.34. The predicted molar refractivity (Wildman–Crippen MR) is 103 cm³/mol. The van der Waals surface area contributed by atoms with Crippen molar-refractivity contribution in [3.8, 4) is 0 Å². The average molecular weight is 386 g/mol. The lowest BCUT2D eigenvalue weighted by Gasteiger charge is -2.28. The molecule has 2 unspecified atom stereocenters. The van der Waals surface area contributed by atoms with Crippen molar-refractivity contribution in [3.05, 3.63) is 28.8 Å². The van der Waals surface area contributed by atoms with Gasteiger partial charge < -0.3 is 16.0 Å². The monoisotopic (exact) mass is 385 g/mol. The average Bonchev–Trinajstić information content (AvgIpc) is 2.88. The Kier molecular flexibility index (Phi) is 7.11. The lowest BCUT2D eigenvalue weighted by molar-refractivity contribution is -0.117. The van der Waals surface area contributed by atoms with Gasteiger partial charge in [0, 0.05) is 30.1 Å². The maximum Gasteiger partial charge on any atom is 0.253 e. The van der Waals surface area contributed by atoms with Gasteiger partial charge in [-0.05, 0) is 56.7 Å². The first kappa shape index (κ1) is 20.0. The highest BCUT2D eigenvalue weighted by molar-refractivity contribution is 6.31. The molecule has 25 heavy (non-hydrogen) atoms. The molecule has 3 rings (SSSR count). The largest absolute Gasteiger partial charge is 0.352 e. The number of fused-ring (bicyclic) bond motifs is 2. The van der Waals surface area contributed by atoms with E-state index in [0.29, 0.717) is 47.2 Å². The zero-order valence-corrected chi connectivity index (χ0v) is 15.9. The van der Waals surface area contributed by atoms with Crippen LogP contribution in [0.15, 0.2) is 18.2 Å². The summed E-state index contributed by atoms with van der Waals surface area (Å²) < 4.78 is 0. The fourth-order valence-corrected chi connectivity index (χ4v) is 4.05. The van der Waals surface area contributed by atoms with Crippen molar-refractivity contribution in [1.82, 2.24) is 10.6 Å². The van der Waals surface area contributed by atoms with Gasteiger partial charge in [-0.3, -0.25) is 9.59 Å². The Bertz CT molecular complexity index is 627. The maximum atomic E-state index is 12.4. The van der Waals surface area contributed by atoms with Crippen LogP contribution in [0.1, 0.15) is 49.4 Å². The first-order valence-corrected chi connectivity index (χ1v) is 9.06. The smallest absolute Gasteiger partial charge is 0.253 e. The van der Waals surface area contributed by atoms with Gasteiger partial charge in [-0.1, -0.05) is 11.6 Å². The van der Waals surface area contributed by atoms with E-state index in [9.17, 15) is 9.59 Å². The molecule has 0 aliphatic carbocycles. The van der Waals surface area contributed by atoms with Crippen molar-refractivity contribution in [2.45, 2.75) is 51.1 Å². The number of hydrogen-bond acceptors (Lipinski definition) is 3. The molecule has 0 saturated carbocycles. The van der Waals surface area contributed by atoms with Crippen LogP contribution < -0.4 is 16.0 Å². The predicted octanol–water partition coefficient (Wildman–Crippen LogP) is 3.37. The minimum atomic E-state index is -0.227. The van der Waals surface area contributed by atoms with Crippen LogP contribution >= 0.6 is 24.0 Å². The molecule has 5 nitrogen and oxygen atoms in total. The number of piperidine rings is 1. The molecule has 7 heteroatoms. The second kappa shape index (κ2) is 8.88. The highest BCUT2D eigenvalue weighted by Crippen LogP contribution is 2.33. The summed E-state index contributed by atoms with van der Waals surface area (Å²) in [7, 11) is 0. The number of amides is 2. The molecule has 0 spiro atoms. The molecular formula is C18H25Cl2N3O2. The zero-order valence-electron chi connectivity index (χ0n) is 14.3. The van der Waals surface area contributed by atoms with Crippen LogP contribution in [0.4, 0.5) is 5.69 Å². The minimum Gasteiger partial charge on any atom is -0.352 e. The highest BCUT2D eigenvalue weighted by atomic mass is 35.5. The Balaban J connectivity index is 0.00000225. The summed E-state index contributed by atoms with van der Waals surface area (Å²) in [6.07, 6.45) is 5.08. The summed E-state index contributed by atoms with van der Waals surface area (Å²) >= 11 is 5.99. The normalized spacial score (nSPS) is 24.3. The summed E-state index contributed by atoms with van der Waals surface area (Å²) in [5, 5.41) is 9.71. The van der Waals surface area contributed by atoms with E-state index in [4.69, 9.17) is 11.6 Å². The van der Waals surface area contributed by atoms with Crippen molar-refractivity contribution >= 4 is 41.5 Å². The molecule has 2 atom stereocenters. The van der Waals surface area contributed by atoms with Crippen LogP contribution in [0.5, 0.6) is 0 Å². The van der Waals surface area contributed by atoms with Crippen molar-refractivity contribution in [2.75, 3.05) is 11.9 Å². The molecule has 0 radical (unpaired) electrons. The van der Waals surface area contributed by atoms with Crippen LogP contribution in [-0.2, 0) is 4.79 Å². The van der Waals surface area contributed by atoms with Gasteiger partial charge in [0.2, 0.25) is 5.91 Å². The van der Waals surface area contributed by atoms with E-state index in [0.717, 1.165) is 12.8 Å². The Morgan fingerprint density at radius 2 is 1.92 bits per heavy atom. The summed E-state index contributed by atoms with van der Waals surface area (Å²) in [4.78, 5) is 24.6. The van der Waals surface area contributed by atoms with Crippen LogP contribution in [0.25, 0.3) is 0 Å². The lowest BCUT2D eigenvalue weighted by Crippen LogP contribution is -2.39. The van der Waals surface area contributed by atoms with Gasteiger partial charge in [-0.15, -0.1) is 12.4 Å². The number of halogens is 2. The maximum absolute atomic E-state index is 12.4. The van der Waals surface area contributed by atoms with Gasteiger partial charge in [0.25, 0.3) is 5.91 Å². The first-order valence-electron chi connectivity index (χ1n) is 8.68. The molecule has 2 heterocycles. The van der Waals surface area contributed by atoms with Crippen LogP contribution in [-0.4, -0.2) is 30.4 Å². The van der Waals surface area contributed by atoms with Gasteiger partial charge in [0.15, 0.2) is 0 Å². The topological polar surface area (TPSA) is 70.2 Å². The van der Waals surface area contributed by atoms with E-state index in [2.05, 4.69) is 16.0 Å². The fourth-order valence-electron chi connectivity index (χ4n) is 3.87. The quantitative estimate of drug-likeness (QED) is 0.727. The van der Waals surface area contributed by atoms with Crippen molar-refractivity contribution in [2.24, 2.45) is 5.92 Å². The number of carbonyl (C=O) groups excluding carboxylic acids is 2. The number of rotatable bonds is 5. The molecule has 0 aromatic heterocycles. The molecule has 2 saturated heterocycles. The van der Waals surface area contributed by atoms with E-state index in [1.54, 1.807) is 18.2 Å². The van der Waals surface area contributed by atoms with E-state index in [1.165, 1.54) is 12.8 Å². The summed E-state index contributed by atoms with van der Waals surface area (Å²) in [6.45, 7) is 2.38. The Labute approximate surface area is 159 Å². The Hall–Kier alpha value is -1.30. The molecule has 1 aromatic rings. The summed E-state index contributed by atoms with van der Waals surface area (Å²) in [5.41, 5.74) is 0.926. The van der Waals surface area contributed by atoms with E-state index in [1.807, 2.05) is 6.92 Å².